The molecule has 0 spiro atoms. The quantitative estimate of drug-likeness (QED) is 0.577. The number of nitrogens with zero attached hydrogens (tertiary/aromatic N) is 3. The third-order valence-electron chi connectivity index (χ3n) is 4.72. The van der Waals surface area contributed by atoms with Crippen molar-refractivity contribution in [3.05, 3.63) is 83.3 Å². The highest BCUT2D eigenvalue weighted by Crippen LogP contribution is 2.27. The summed E-state index contributed by atoms with van der Waals surface area (Å²) in [6.45, 7) is 1.88. The summed E-state index contributed by atoms with van der Waals surface area (Å²) in [6.07, 6.45) is 2.14. The number of rotatable bonds is 5. The number of carbonyl (C=O) groups excluding carboxylic acids is 1. The molecule has 2 aromatic heterocycles. The molecule has 140 valence electrons. The number of nitrogen functional groups attached to an aromatic ring is 1. The smallest absolute Gasteiger partial charge is 0.174 e. The first-order valence-electron chi connectivity index (χ1n) is 8.97. The van der Waals surface area contributed by atoms with Crippen LogP contribution >= 0.6 is 0 Å². The molecule has 0 saturated carbocycles. The number of hydrogen-bond acceptors (Lipinski definition) is 4. The monoisotopic (exact) mass is 374 g/mol. The molecule has 0 fully saturated rings. The van der Waals surface area contributed by atoms with Gasteiger partial charge in [0.15, 0.2) is 5.82 Å². The molecule has 0 aliphatic carbocycles. The fraction of sp³-hybridized carbons (Fsp3) is 0.136. The summed E-state index contributed by atoms with van der Waals surface area (Å²) in [4.78, 5) is 12.4. The zero-order chi connectivity index (χ0) is 19.7. The lowest BCUT2D eigenvalue weighted by Crippen LogP contribution is -2.08. The molecule has 0 amide bonds. The maximum atomic E-state index is 13.9. The molecular formula is C22H19FN4O. The molecule has 2 heterocycles. The molecule has 2 aromatic carbocycles. The standard InChI is InChI=1S/C22H19FN4O/c1-14-4-9-20(23)17(11-14)13-18(28)12-15-5-7-16(8-6-15)19-3-2-10-27-21(19)22(24)25-26-27/h2-11H,12-13,24H2,1H3. The van der Waals surface area contributed by atoms with Crippen molar-refractivity contribution in [1.29, 1.82) is 0 Å². The van der Waals surface area contributed by atoms with E-state index in [1.54, 1.807) is 22.8 Å². The fourth-order valence-corrected chi connectivity index (χ4v) is 3.35. The van der Waals surface area contributed by atoms with Gasteiger partial charge in [0, 0.05) is 24.6 Å². The Balaban J connectivity index is 1.52. The second-order valence-electron chi connectivity index (χ2n) is 6.87. The van der Waals surface area contributed by atoms with Gasteiger partial charge in [0.1, 0.15) is 17.1 Å². The van der Waals surface area contributed by atoms with Gasteiger partial charge >= 0.3 is 0 Å². The highest BCUT2D eigenvalue weighted by atomic mass is 19.1. The van der Waals surface area contributed by atoms with Crippen LogP contribution < -0.4 is 5.73 Å². The Morgan fingerprint density at radius 1 is 1.11 bits per heavy atom. The number of aromatic nitrogens is 3. The lowest BCUT2D eigenvalue weighted by molar-refractivity contribution is -0.117. The maximum Gasteiger partial charge on any atom is 0.174 e. The van der Waals surface area contributed by atoms with E-state index in [-0.39, 0.29) is 24.4 Å². The van der Waals surface area contributed by atoms with Crippen LogP contribution in [0.15, 0.2) is 60.8 Å². The molecule has 0 atom stereocenters. The molecule has 2 N–H and O–H groups in total. The molecule has 4 aromatic rings. The number of pyridine rings is 1. The number of fused-ring (bicyclic) bond motifs is 1. The molecule has 0 aliphatic heterocycles. The number of carbonyl (C=O) groups is 1. The summed E-state index contributed by atoms with van der Waals surface area (Å²) in [5, 5.41) is 7.89. The van der Waals surface area contributed by atoms with Crippen molar-refractivity contribution in [2.75, 3.05) is 5.73 Å². The Morgan fingerprint density at radius 2 is 1.89 bits per heavy atom. The lowest BCUT2D eigenvalue weighted by atomic mass is 9.98. The van der Waals surface area contributed by atoms with Crippen LogP contribution in [0.1, 0.15) is 16.7 Å². The summed E-state index contributed by atoms with van der Waals surface area (Å²) in [5.74, 6) is 0.00743. The lowest BCUT2D eigenvalue weighted by Gasteiger charge is -2.07. The van der Waals surface area contributed by atoms with Crippen molar-refractivity contribution in [2.45, 2.75) is 19.8 Å². The van der Waals surface area contributed by atoms with Crippen LogP contribution in [0.4, 0.5) is 10.2 Å². The first-order chi connectivity index (χ1) is 13.5. The van der Waals surface area contributed by atoms with Gasteiger partial charge in [0.2, 0.25) is 0 Å². The zero-order valence-electron chi connectivity index (χ0n) is 15.4. The molecule has 0 bridgehead atoms. The Bertz CT molecular complexity index is 1170. The highest BCUT2D eigenvalue weighted by molar-refractivity contribution is 5.87. The summed E-state index contributed by atoms with van der Waals surface area (Å²) in [6, 6.07) is 16.4. The number of Topliss-reactive ketones (excluding diaryl/α,β-unsaturated/α-hetero) is 1. The topological polar surface area (TPSA) is 73.3 Å². The van der Waals surface area contributed by atoms with Crippen molar-refractivity contribution in [3.63, 3.8) is 0 Å². The number of anilines is 1. The predicted octanol–water partition coefficient (Wildman–Crippen LogP) is 3.78. The summed E-state index contributed by atoms with van der Waals surface area (Å²) >= 11 is 0. The minimum Gasteiger partial charge on any atom is -0.380 e. The van der Waals surface area contributed by atoms with E-state index < -0.39 is 0 Å². The second kappa shape index (κ2) is 7.23. The van der Waals surface area contributed by atoms with Gasteiger partial charge in [-0.2, -0.15) is 0 Å². The number of benzene rings is 2. The van der Waals surface area contributed by atoms with E-state index in [1.165, 1.54) is 6.07 Å². The van der Waals surface area contributed by atoms with Crippen molar-refractivity contribution < 1.29 is 9.18 Å². The molecule has 5 nitrogen and oxygen atoms in total. The zero-order valence-corrected chi connectivity index (χ0v) is 15.4. The normalized spacial score (nSPS) is 11.1. The van der Waals surface area contributed by atoms with Gasteiger partial charge in [0.05, 0.1) is 0 Å². The van der Waals surface area contributed by atoms with Crippen molar-refractivity contribution in [3.8, 4) is 11.1 Å². The van der Waals surface area contributed by atoms with Crippen LogP contribution in [0.2, 0.25) is 0 Å². The van der Waals surface area contributed by atoms with E-state index in [0.717, 1.165) is 27.8 Å². The first kappa shape index (κ1) is 17.9. The van der Waals surface area contributed by atoms with E-state index in [9.17, 15) is 9.18 Å². The second-order valence-corrected chi connectivity index (χ2v) is 6.87. The van der Waals surface area contributed by atoms with Crippen molar-refractivity contribution >= 4 is 17.1 Å². The molecule has 6 heteroatoms. The summed E-state index contributed by atoms with van der Waals surface area (Å²) < 4.78 is 15.5. The summed E-state index contributed by atoms with van der Waals surface area (Å²) in [7, 11) is 0. The fourth-order valence-electron chi connectivity index (χ4n) is 3.35. The Kier molecular flexibility index (Phi) is 4.61. The van der Waals surface area contributed by atoms with Crippen LogP contribution in [-0.4, -0.2) is 20.6 Å². The Morgan fingerprint density at radius 3 is 2.68 bits per heavy atom. The van der Waals surface area contributed by atoms with E-state index in [0.29, 0.717) is 11.4 Å². The molecule has 0 aliphatic rings. The molecule has 4 rings (SSSR count). The van der Waals surface area contributed by atoms with Gasteiger partial charge in [0.25, 0.3) is 0 Å². The van der Waals surface area contributed by atoms with Gasteiger partial charge in [-0.1, -0.05) is 53.2 Å². The predicted molar refractivity (Wildman–Crippen MR) is 106 cm³/mol. The van der Waals surface area contributed by atoms with Crippen LogP contribution in [0.3, 0.4) is 0 Å². The summed E-state index contributed by atoms with van der Waals surface area (Å²) in [5.41, 5.74) is 10.8. The average Bonchev–Trinajstić information content (AvgIpc) is 3.07. The van der Waals surface area contributed by atoms with E-state index in [4.69, 9.17) is 5.73 Å². The third kappa shape index (κ3) is 3.49. The van der Waals surface area contributed by atoms with Gasteiger partial charge in [-0.25, -0.2) is 8.91 Å². The van der Waals surface area contributed by atoms with Gasteiger partial charge in [-0.05, 0) is 35.7 Å². The first-order valence-corrected chi connectivity index (χ1v) is 8.97. The number of nitrogens with two attached hydrogens (primary N) is 1. The SMILES string of the molecule is Cc1ccc(F)c(CC(=O)Cc2ccc(-c3cccn4nnc(N)c34)cc2)c1. The third-order valence-corrected chi connectivity index (χ3v) is 4.72. The largest absolute Gasteiger partial charge is 0.380 e. The van der Waals surface area contributed by atoms with E-state index >= 15 is 0 Å². The Hall–Kier alpha value is -3.54. The number of halogens is 1. The minimum absolute atomic E-state index is 0.0245. The Labute approximate surface area is 161 Å². The highest BCUT2D eigenvalue weighted by Gasteiger charge is 2.12. The van der Waals surface area contributed by atoms with Gasteiger partial charge in [-0.15, -0.1) is 5.10 Å². The van der Waals surface area contributed by atoms with E-state index in [2.05, 4.69) is 10.3 Å². The maximum absolute atomic E-state index is 13.9. The van der Waals surface area contributed by atoms with Crippen molar-refractivity contribution in [1.82, 2.24) is 14.8 Å². The van der Waals surface area contributed by atoms with Crippen LogP contribution in [-0.2, 0) is 17.6 Å². The van der Waals surface area contributed by atoms with Crippen molar-refractivity contribution in [2.24, 2.45) is 0 Å². The van der Waals surface area contributed by atoms with Crippen LogP contribution in [0.5, 0.6) is 0 Å². The molecule has 28 heavy (non-hydrogen) atoms. The van der Waals surface area contributed by atoms with Crippen LogP contribution in [0, 0.1) is 12.7 Å². The number of aryl methyl sites for hydroxylation is 1. The van der Waals surface area contributed by atoms with Gasteiger partial charge < -0.3 is 5.73 Å². The van der Waals surface area contributed by atoms with Gasteiger partial charge in [-0.3, -0.25) is 4.79 Å². The molecule has 0 unspecified atom stereocenters. The molecule has 0 radical (unpaired) electrons. The minimum atomic E-state index is -0.339. The average molecular weight is 374 g/mol. The molecular weight excluding hydrogens is 355 g/mol. The van der Waals surface area contributed by atoms with E-state index in [1.807, 2.05) is 43.3 Å². The molecule has 0 saturated heterocycles. The van der Waals surface area contributed by atoms with Crippen LogP contribution in [0.25, 0.3) is 16.6 Å². The number of hydrogen-bond donors (Lipinski definition) is 1. The number of ketones is 1.